The maximum absolute atomic E-state index is 6.88. The summed E-state index contributed by atoms with van der Waals surface area (Å²) in [4.78, 5) is 4.83. The van der Waals surface area contributed by atoms with Crippen LogP contribution in [0.1, 0.15) is 22.5 Å². The number of rotatable bonds is 10. The number of anilines is 6. The molecule has 0 aliphatic rings. The number of hydrogen-bond donors (Lipinski definition) is 0. The highest BCUT2D eigenvalue weighted by Gasteiger charge is 2.33. The smallest absolute Gasteiger partial charge is 0.159 e. The van der Waals surface area contributed by atoms with Crippen LogP contribution in [0.4, 0.5) is 34.1 Å². The van der Waals surface area contributed by atoms with Gasteiger partial charge in [-0.25, -0.2) is 0 Å². The van der Waals surface area contributed by atoms with Crippen LogP contribution >= 0.6 is 0 Å². The molecule has 6 heteroatoms. The topological polar surface area (TPSA) is 41.6 Å². The van der Waals surface area contributed by atoms with Crippen molar-refractivity contribution < 1.29 is 8.83 Å². The zero-order valence-corrected chi connectivity index (χ0v) is 48.1. The molecule has 87 heavy (non-hydrogen) atoms. The highest BCUT2D eigenvalue weighted by molar-refractivity contribution is 6.39. The SMILES string of the molecule is C=C/C=C\c1c(C)oc2c(N(c3ccc(C)cc3)c3cccc4c3c3cccc5c6c(-c7ccccc7)c7c(c(-c8ccccc8)c6n4c35)c3cccc4c5c(N(c6ccc(C)cc6)c6cccc8c6oc6ccccc68)cccc5n7c43)cccc12. The minimum absolute atomic E-state index is 0.830. The molecule has 0 aliphatic carbocycles. The van der Waals surface area contributed by atoms with Gasteiger partial charge in [0.15, 0.2) is 11.2 Å². The lowest BCUT2D eigenvalue weighted by Crippen LogP contribution is -2.10. The first-order valence-corrected chi connectivity index (χ1v) is 29.9. The number of nitrogens with zero attached hydrogens (tertiary/aromatic N) is 4. The van der Waals surface area contributed by atoms with Crippen LogP contribution in [0.2, 0.25) is 0 Å². The van der Waals surface area contributed by atoms with Crippen LogP contribution in [-0.2, 0) is 0 Å². The van der Waals surface area contributed by atoms with Crippen molar-refractivity contribution in [1.29, 1.82) is 0 Å². The van der Waals surface area contributed by atoms with Crippen molar-refractivity contribution in [1.82, 2.24) is 8.80 Å². The molecule has 6 nitrogen and oxygen atoms in total. The van der Waals surface area contributed by atoms with Crippen molar-refractivity contribution in [2.75, 3.05) is 9.80 Å². The fourth-order valence-electron chi connectivity index (χ4n) is 14.8. The van der Waals surface area contributed by atoms with Crippen LogP contribution in [0.5, 0.6) is 0 Å². The van der Waals surface area contributed by atoms with E-state index in [1.165, 1.54) is 82.0 Å². The Kier molecular flexibility index (Phi) is 10.5. The maximum Gasteiger partial charge on any atom is 0.159 e. The van der Waals surface area contributed by atoms with E-state index in [0.29, 0.717) is 0 Å². The molecule has 0 unspecified atom stereocenters. The highest BCUT2D eigenvalue weighted by Crippen LogP contribution is 2.57. The third kappa shape index (κ3) is 6.86. The molecule has 18 aromatic rings. The average molecular weight is 1120 g/mol. The Morgan fingerprint density at radius 2 is 0.770 bits per heavy atom. The molecule has 0 saturated carbocycles. The number of furan rings is 2. The van der Waals surface area contributed by atoms with Crippen LogP contribution in [-0.4, -0.2) is 8.80 Å². The number of allylic oxidation sites excluding steroid dienone is 2. The summed E-state index contributed by atoms with van der Waals surface area (Å²) in [6, 6.07) is 89.2. The molecule has 0 N–H and O–H groups in total. The summed E-state index contributed by atoms with van der Waals surface area (Å²) < 4.78 is 18.9. The highest BCUT2D eigenvalue weighted by atomic mass is 16.3. The van der Waals surface area contributed by atoms with E-state index in [0.717, 1.165) is 106 Å². The van der Waals surface area contributed by atoms with Gasteiger partial charge in [-0.3, -0.25) is 0 Å². The van der Waals surface area contributed by atoms with Crippen molar-refractivity contribution in [3.63, 3.8) is 0 Å². The molecule has 18 rings (SSSR count). The lowest BCUT2D eigenvalue weighted by Gasteiger charge is -2.27. The quantitative estimate of drug-likeness (QED) is 0.128. The Morgan fingerprint density at radius 3 is 1.29 bits per heavy atom. The van der Waals surface area contributed by atoms with Gasteiger partial charge >= 0.3 is 0 Å². The molecule has 12 aromatic carbocycles. The number of fused-ring (bicyclic) bond motifs is 16. The lowest BCUT2D eigenvalue weighted by molar-refractivity contribution is 0.578. The van der Waals surface area contributed by atoms with Gasteiger partial charge in [0.1, 0.15) is 11.3 Å². The van der Waals surface area contributed by atoms with Crippen LogP contribution in [0.3, 0.4) is 0 Å². The van der Waals surface area contributed by atoms with Gasteiger partial charge in [-0.15, -0.1) is 0 Å². The molecule has 0 atom stereocenters. The van der Waals surface area contributed by atoms with E-state index < -0.39 is 0 Å². The summed E-state index contributed by atoms with van der Waals surface area (Å²) in [6.45, 7) is 10.3. The third-order valence-corrected chi connectivity index (χ3v) is 18.4. The van der Waals surface area contributed by atoms with E-state index in [2.05, 4.69) is 295 Å². The monoisotopic (exact) mass is 1110 g/mol. The first kappa shape index (κ1) is 49.1. The van der Waals surface area contributed by atoms with Gasteiger partial charge in [0.2, 0.25) is 0 Å². The van der Waals surface area contributed by atoms with Crippen LogP contribution in [0, 0.1) is 20.8 Å². The Hall–Kier alpha value is -11.3. The van der Waals surface area contributed by atoms with Gasteiger partial charge in [-0.05, 0) is 98.6 Å². The van der Waals surface area contributed by atoms with Gasteiger partial charge in [-0.1, -0.05) is 212 Å². The molecule has 0 amide bonds. The van der Waals surface area contributed by atoms with E-state index in [1.807, 2.05) is 12.2 Å². The first-order chi connectivity index (χ1) is 42.9. The number of hydrogen-bond acceptors (Lipinski definition) is 4. The summed E-state index contributed by atoms with van der Waals surface area (Å²) in [5.41, 5.74) is 23.9. The predicted octanol–water partition coefficient (Wildman–Crippen LogP) is 23.0. The Bertz CT molecular complexity index is 5860. The third-order valence-electron chi connectivity index (χ3n) is 18.4. The molecule has 6 heterocycles. The molecule has 0 radical (unpaired) electrons. The number of aryl methyl sites for hydroxylation is 3. The van der Waals surface area contributed by atoms with Gasteiger partial charge < -0.3 is 27.4 Å². The van der Waals surface area contributed by atoms with Crippen LogP contribution in [0.15, 0.2) is 270 Å². The Labute approximate surface area is 500 Å². The second kappa shape index (κ2) is 18.6. The molecule has 0 spiro atoms. The Morgan fingerprint density at radius 1 is 0.356 bits per heavy atom. The van der Waals surface area contributed by atoms with Gasteiger partial charge in [0, 0.05) is 87.3 Å². The fourth-order valence-corrected chi connectivity index (χ4v) is 14.8. The minimum atomic E-state index is 0.830. The molecular formula is C81H54N4O2. The summed E-state index contributed by atoms with van der Waals surface area (Å²) in [5.74, 6) is 0.858. The fraction of sp³-hybridized carbons (Fsp3) is 0.0370. The number of para-hydroxylation sites is 5. The van der Waals surface area contributed by atoms with Crippen LogP contribution < -0.4 is 9.80 Å². The van der Waals surface area contributed by atoms with Crippen LogP contribution in [0.25, 0.3) is 137 Å². The zero-order valence-electron chi connectivity index (χ0n) is 48.1. The van der Waals surface area contributed by atoms with Crippen molar-refractivity contribution in [2.45, 2.75) is 20.8 Å². The average Bonchev–Trinajstić information content (AvgIpc) is 1.51. The molecule has 0 bridgehead atoms. The summed E-state index contributed by atoms with van der Waals surface area (Å²) >= 11 is 0. The summed E-state index contributed by atoms with van der Waals surface area (Å²) in [7, 11) is 0. The van der Waals surface area contributed by atoms with Crippen molar-refractivity contribution in [3.8, 4) is 22.3 Å². The van der Waals surface area contributed by atoms with Crippen molar-refractivity contribution in [2.24, 2.45) is 0 Å². The number of benzene rings is 12. The van der Waals surface area contributed by atoms with E-state index in [1.54, 1.807) is 0 Å². The van der Waals surface area contributed by atoms with Gasteiger partial charge in [-0.2, -0.15) is 0 Å². The second-order valence-corrected chi connectivity index (χ2v) is 23.3. The van der Waals surface area contributed by atoms with Gasteiger partial charge in [0.05, 0.1) is 55.8 Å². The van der Waals surface area contributed by atoms with E-state index >= 15 is 0 Å². The normalized spacial score (nSPS) is 12.3. The maximum atomic E-state index is 6.88. The Balaban J connectivity index is 0.989. The lowest BCUT2D eigenvalue weighted by atomic mass is 9.89. The van der Waals surface area contributed by atoms with E-state index in [9.17, 15) is 0 Å². The standard InChI is InChI=1S/C81H54N4O2/c1-5-6-25-55-50(4)86-80-57(55)27-17-37-67(80)82(53-44-40-48(2)41-45-53)63-33-19-35-65-72(63)59-29-15-31-61-74-71(52-23-11-8-12-24-52)79-75(70(51-21-9-7-10-22-51)78(74)84(65)76(59)61)62-32-16-30-60-73-64(34-20-36-66(73)85(79)77(60)62)83(54-46-42-49(3)43-47-54)68-38-18-28-58-56-26-13-14-39-69(56)87-81(58)68/h5-47H,1H2,2-4H3/b25-6-. The second-order valence-electron chi connectivity index (χ2n) is 23.3. The molecular weight excluding hydrogens is 1060 g/mol. The largest absolute Gasteiger partial charge is 0.459 e. The minimum Gasteiger partial charge on any atom is -0.459 e. The summed E-state index contributed by atoms with van der Waals surface area (Å²) in [6.07, 6.45) is 5.90. The van der Waals surface area contributed by atoms with E-state index in [4.69, 9.17) is 8.83 Å². The molecule has 0 saturated heterocycles. The first-order valence-electron chi connectivity index (χ1n) is 29.9. The van der Waals surface area contributed by atoms with E-state index in [-0.39, 0.29) is 0 Å². The molecule has 6 aromatic heterocycles. The summed E-state index contributed by atoms with van der Waals surface area (Å²) in [5, 5.41) is 12.8. The number of aromatic nitrogens is 2. The molecule has 0 fully saturated rings. The van der Waals surface area contributed by atoms with Crippen molar-refractivity contribution >= 4 is 149 Å². The predicted molar refractivity (Wildman–Crippen MR) is 366 cm³/mol. The zero-order chi connectivity index (χ0) is 57.8. The van der Waals surface area contributed by atoms with Gasteiger partial charge in [0.25, 0.3) is 0 Å². The molecule has 410 valence electrons. The van der Waals surface area contributed by atoms with Crippen molar-refractivity contribution in [3.05, 3.63) is 284 Å². The molecule has 0 aliphatic heterocycles.